The van der Waals surface area contributed by atoms with E-state index < -0.39 is 0 Å². The van der Waals surface area contributed by atoms with E-state index in [1.165, 1.54) is 12.1 Å². The molecule has 3 amide bonds. The van der Waals surface area contributed by atoms with Crippen molar-refractivity contribution in [1.82, 2.24) is 19.7 Å². The lowest BCUT2D eigenvalue weighted by molar-refractivity contribution is -0.134. The van der Waals surface area contributed by atoms with E-state index >= 15 is 0 Å². The molecule has 0 spiro atoms. The number of urea groups is 1. The topological polar surface area (TPSA) is 57.6 Å². The second-order valence-electron chi connectivity index (χ2n) is 8.55. The van der Waals surface area contributed by atoms with Crippen LogP contribution in [0.1, 0.15) is 45.0 Å². The van der Waals surface area contributed by atoms with Crippen LogP contribution in [0.15, 0.2) is 42.6 Å². The van der Waals surface area contributed by atoms with Crippen LogP contribution in [0.25, 0.3) is 0 Å². The minimum absolute atomic E-state index is 0.00695. The van der Waals surface area contributed by atoms with Gasteiger partial charge in [-0.3, -0.25) is 4.79 Å². The van der Waals surface area contributed by atoms with Crippen molar-refractivity contribution >= 4 is 11.9 Å². The van der Waals surface area contributed by atoms with Crippen LogP contribution in [0, 0.1) is 11.7 Å². The van der Waals surface area contributed by atoms with Crippen molar-refractivity contribution in [3.63, 3.8) is 0 Å². The summed E-state index contributed by atoms with van der Waals surface area (Å²) in [5, 5.41) is 2.89. The average Bonchev–Trinajstić information content (AvgIpc) is 3.15. The monoisotopic (exact) mass is 414 g/mol. The standard InChI is InChI=1S/C23H31FN4O2/c1-16(2)14-27(23(30)25-17(3)4)15-21(29)28-13-12-26-11-5-6-20(26)22(28)18-7-9-19(24)10-8-18/h5-11,16-17,22H,12-15H2,1-4H3,(H,25,30)/t22-/m0/s1. The molecule has 1 atom stereocenters. The number of aromatic nitrogens is 1. The molecule has 1 aliphatic heterocycles. The Morgan fingerprint density at radius 2 is 1.83 bits per heavy atom. The molecule has 1 aliphatic rings. The molecule has 2 aromatic rings. The fraction of sp³-hybridized carbons (Fsp3) is 0.478. The number of rotatable bonds is 6. The number of nitrogens with zero attached hydrogens (tertiary/aromatic N) is 3. The number of carbonyl (C=O) groups is 2. The molecule has 30 heavy (non-hydrogen) atoms. The molecule has 0 bridgehead atoms. The van der Waals surface area contributed by atoms with E-state index in [9.17, 15) is 14.0 Å². The van der Waals surface area contributed by atoms with Crippen molar-refractivity contribution < 1.29 is 14.0 Å². The lowest BCUT2D eigenvalue weighted by Gasteiger charge is -2.38. The van der Waals surface area contributed by atoms with E-state index in [2.05, 4.69) is 9.88 Å². The first-order valence-corrected chi connectivity index (χ1v) is 10.5. The summed E-state index contributed by atoms with van der Waals surface area (Å²) in [5.41, 5.74) is 1.84. The van der Waals surface area contributed by atoms with E-state index in [0.717, 1.165) is 11.3 Å². The number of hydrogen-bond acceptors (Lipinski definition) is 2. The molecule has 0 saturated heterocycles. The van der Waals surface area contributed by atoms with Gasteiger partial charge in [-0.15, -0.1) is 0 Å². The predicted octanol–water partition coefficient (Wildman–Crippen LogP) is 3.63. The maximum Gasteiger partial charge on any atom is 0.318 e. The molecular formula is C23H31FN4O2. The van der Waals surface area contributed by atoms with Gasteiger partial charge in [0.25, 0.3) is 0 Å². The Morgan fingerprint density at radius 3 is 2.47 bits per heavy atom. The van der Waals surface area contributed by atoms with Crippen LogP contribution in [-0.2, 0) is 11.3 Å². The van der Waals surface area contributed by atoms with Crippen molar-refractivity contribution in [1.29, 1.82) is 0 Å². The lowest BCUT2D eigenvalue weighted by Crippen LogP contribution is -2.51. The van der Waals surface area contributed by atoms with Gasteiger partial charge in [0.05, 0.1) is 6.04 Å². The van der Waals surface area contributed by atoms with Gasteiger partial charge in [0, 0.05) is 37.6 Å². The smallest absolute Gasteiger partial charge is 0.318 e. The number of amides is 3. The Kier molecular flexibility index (Phi) is 6.80. The third kappa shape index (κ3) is 5.01. The highest BCUT2D eigenvalue weighted by atomic mass is 19.1. The number of benzene rings is 1. The van der Waals surface area contributed by atoms with Gasteiger partial charge in [0.15, 0.2) is 0 Å². The Hall–Kier alpha value is -2.83. The summed E-state index contributed by atoms with van der Waals surface area (Å²) in [4.78, 5) is 29.4. The molecule has 6 nitrogen and oxygen atoms in total. The fourth-order valence-electron chi connectivity index (χ4n) is 3.90. The summed E-state index contributed by atoms with van der Waals surface area (Å²) in [6, 6.07) is 9.68. The van der Waals surface area contributed by atoms with Crippen LogP contribution in [0.2, 0.25) is 0 Å². The predicted molar refractivity (Wildman–Crippen MR) is 114 cm³/mol. The summed E-state index contributed by atoms with van der Waals surface area (Å²) >= 11 is 0. The Labute approximate surface area is 177 Å². The van der Waals surface area contributed by atoms with Crippen LogP contribution in [0.4, 0.5) is 9.18 Å². The summed E-state index contributed by atoms with van der Waals surface area (Å²) in [6.45, 7) is 9.57. The first-order chi connectivity index (χ1) is 14.3. The normalized spacial score (nSPS) is 16.0. The average molecular weight is 415 g/mol. The van der Waals surface area contributed by atoms with Crippen molar-refractivity contribution in [2.75, 3.05) is 19.6 Å². The number of hydrogen-bond donors (Lipinski definition) is 1. The maximum absolute atomic E-state index is 13.5. The van der Waals surface area contributed by atoms with Gasteiger partial charge in [-0.25, -0.2) is 9.18 Å². The van der Waals surface area contributed by atoms with Crippen LogP contribution < -0.4 is 5.32 Å². The minimum atomic E-state index is -0.309. The van der Waals surface area contributed by atoms with Gasteiger partial charge in [-0.1, -0.05) is 26.0 Å². The number of fused-ring (bicyclic) bond motifs is 1. The number of halogens is 1. The highest BCUT2D eigenvalue weighted by Gasteiger charge is 2.33. The zero-order valence-corrected chi connectivity index (χ0v) is 18.1. The maximum atomic E-state index is 13.5. The molecule has 3 rings (SSSR count). The van der Waals surface area contributed by atoms with E-state index in [1.807, 2.05) is 46.0 Å². The Morgan fingerprint density at radius 1 is 1.13 bits per heavy atom. The van der Waals surface area contributed by atoms with E-state index in [-0.39, 0.29) is 42.3 Å². The molecule has 0 radical (unpaired) electrons. The van der Waals surface area contributed by atoms with E-state index in [1.54, 1.807) is 21.9 Å². The second kappa shape index (κ2) is 9.32. The molecule has 1 aromatic carbocycles. The summed E-state index contributed by atoms with van der Waals surface area (Å²) in [5.74, 6) is -0.185. The first-order valence-electron chi connectivity index (χ1n) is 10.5. The van der Waals surface area contributed by atoms with Gasteiger partial charge in [-0.2, -0.15) is 0 Å². The van der Waals surface area contributed by atoms with Crippen molar-refractivity contribution in [3.05, 3.63) is 59.7 Å². The zero-order valence-electron chi connectivity index (χ0n) is 18.1. The first kappa shape index (κ1) is 21.9. The van der Waals surface area contributed by atoms with Crippen LogP contribution in [-0.4, -0.2) is 52.0 Å². The highest BCUT2D eigenvalue weighted by Crippen LogP contribution is 2.32. The van der Waals surface area contributed by atoms with Gasteiger partial charge in [0.2, 0.25) is 5.91 Å². The summed E-state index contributed by atoms with van der Waals surface area (Å²) in [6.07, 6.45) is 1.99. The highest BCUT2D eigenvalue weighted by molar-refractivity contribution is 5.85. The van der Waals surface area contributed by atoms with Gasteiger partial charge in [0.1, 0.15) is 12.4 Å². The summed E-state index contributed by atoms with van der Waals surface area (Å²) < 4.78 is 15.6. The molecular weight excluding hydrogens is 383 g/mol. The van der Waals surface area contributed by atoms with Gasteiger partial charge < -0.3 is 19.7 Å². The molecule has 0 unspecified atom stereocenters. The molecule has 7 heteroatoms. The molecule has 0 aliphatic carbocycles. The molecule has 1 aromatic heterocycles. The van der Waals surface area contributed by atoms with Crippen LogP contribution in [0.5, 0.6) is 0 Å². The van der Waals surface area contributed by atoms with Crippen molar-refractivity contribution in [3.8, 4) is 0 Å². The quantitative estimate of drug-likeness (QED) is 0.785. The van der Waals surface area contributed by atoms with Gasteiger partial charge in [-0.05, 0) is 49.6 Å². The van der Waals surface area contributed by atoms with Crippen molar-refractivity contribution in [2.24, 2.45) is 5.92 Å². The number of nitrogens with one attached hydrogen (secondary N) is 1. The molecule has 0 fully saturated rings. The molecule has 162 valence electrons. The largest absolute Gasteiger partial charge is 0.348 e. The van der Waals surface area contributed by atoms with E-state index in [4.69, 9.17) is 0 Å². The Balaban J connectivity index is 1.86. The Bertz CT molecular complexity index is 876. The fourth-order valence-corrected chi connectivity index (χ4v) is 3.90. The van der Waals surface area contributed by atoms with E-state index in [0.29, 0.717) is 19.6 Å². The van der Waals surface area contributed by atoms with Crippen LogP contribution in [0.3, 0.4) is 0 Å². The van der Waals surface area contributed by atoms with Crippen molar-refractivity contribution in [2.45, 2.75) is 46.3 Å². The third-order valence-electron chi connectivity index (χ3n) is 5.16. The molecule has 1 N–H and O–H groups in total. The zero-order chi connectivity index (χ0) is 21.8. The summed E-state index contributed by atoms with van der Waals surface area (Å²) in [7, 11) is 0. The van der Waals surface area contributed by atoms with Crippen LogP contribution >= 0.6 is 0 Å². The SMILES string of the molecule is CC(C)CN(CC(=O)N1CCn2cccc2[C@@H]1c1ccc(F)cc1)C(=O)NC(C)C. The number of carbonyl (C=O) groups excluding carboxylic acids is 2. The molecule has 2 heterocycles. The van der Waals surface area contributed by atoms with Gasteiger partial charge >= 0.3 is 6.03 Å². The third-order valence-corrected chi connectivity index (χ3v) is 5.16. The second-order valence-corrected chi connectivity index (χ2v) is 8.55. The minimum Gasteiger partial charge on any atom is -0.348 e. The lowest BCUT2D eigenvalue weighted by atomic mass is 9.99. The molecule has 0 saturated carbocycles.